The van der Waals surface area contributed by atoms with Crippen LogP contribution in [-0.2, 0) is 9.47 Å². The predicted octanol–water partition coefficient (Wildman–Crippen LogP) is 2.07. The molecule has 1 rings (SSSR count). The molecule has 0 heterocycles. The van der Waals surface area contributed by atoms with Crippen LogP contribution in [-0.4, -0.2) is 25.9 Å². The molecular formula is C12H18O3. The van der Waals surface area contributed by atoms with Crippen LogP contribution in [0.5, 0.6) is 0 Å². The topological polar surface area (TPSA) is 38.7 Å². The highest BCUT2D eigenvalue weighted by molar-refractivity contribution is 5.25. The molecule has 0 amide bonds. The van der Waals surface area contributed by atoms with Gasteiger partial charge in [-0.25, -0.2) is 0 Å². The summed E-state index contributed by atoms with van der Waals surface area (Å²) in [5.74, 6) is 0. The molecule has 0 aliphatic heterocycles. The van der Waals surface area contributed by atoms with Gasteiger partial charge >= 0.3 is 0 Å². The normalized spacial score (nSPS) is 14.9. The van der Waals surface area contributed by atoms with Gasteiger partial charge in [0.1, 0.15) is 6.10 Å². The van der Waals surface area contributed by atoms with E-state index in [4.69, 9.17) is 9.47 Å². The second-order valence-electron chi connectivity index (χ2n) is 3.52. The van der Waals surface area contributed by atoms with E-state index in [9.17, 15) is 5.11 Å². The van der Waals surface area contributed by atoms with Gasteiger partial charge in [-0.15, -0.1) is 0 Å². The number of rotatable bonds is 5. The van der Waals surface area contributed by atoms with E-state index in [-0.39, 0.29) is 6.10 Å². The Labute approximate surface area is 90.6 Å². The number of hydrogen-bond donors (Lipinski definition) is 1. The molecule has 84 valence electrons. The third-order valence-corrected chi connectivity index (χ3v) is 2.39. The molecule has 1 aromatic carbocycles. The number of aliphatic hydroxyl groups is 1. The van der Waals surface area contributed by atoms with Gasteiger partial charge in [-0.1, -0.05) is 24.3 Å². The van der Waals surface area contributed by atoms with E-state index >= 15 is 0 Å². The smallest absolute Gasteiger partial charge is 0.105 e. The lowest BCUT2D eigenvalue weighted by Crippen LogP contribution is -2.08. The summed E-state index contributed by atoms with van der Waals surface area (Å²) >= 11 is 0. The van der Waals surface area contributed by atoms with Gasteiger partial charge < -0.3 is 14.6 Å². The molecule has 0 radical (unpaired) electrons. The summed E-state index contributed by atoms with van der Waals surface area (Å²) in [6.07, 6.45) is -0.472. The van der Waals surface area contributed by atoms with E-state index in [0.29, 0.717) is 6.61 Å². The highest BCUT2D eigenvalue weighted by atomic mass is 16.5. The van der Waals surface area contributed by atoms with E-state index in [1.807, 2.05) is 24.3 Å². The van der Waals surface area contributed by atoms with Crippen molar-refractivity contribution in [2.75, 3.05) is 20.8 Å². The average Bonchev–Trinajstić information content (AvgIpc) is 2.26. The minimum Gasteiger partial charge on any atom is -0.389 e. The maximum atomic E-state index is 9.36. The van der Waals surface area contributed by atoms with Crippen molar-refractivity contribution < 1.29 is 14.6 Å². The fourth-order valence-electron chi connectivity index (χ4n) is 1.44. The van der Waals surface area contributed by atoms with Crippen LogP contribution in [0.25, 0.3) is 0 Å². The molecule has 0 aliphatic rings. The molecule has 2 atom stereocenters. The third-order valence-electron chi connectivity index (χ3n) is 2.39. The first-order valence-corrected chi connectivity index (χ1v) is 4.98. The van der Waals surface area contributed by atoms with E-state index < -0.39 is 6.10 Å². The SMILES string of the molecule is COC[C@@H](OC)c1ccc([C@H](C)O)cc1. The van der Waals surface area contributed by atoms with E-state index in [2.05, 4.69) is 0 Å². The molecule has 0 unspecified atom stereocenters. The molecule has 0 aromatic heterocycles. The van der Waals surface area contributed by atoms with Crippen LogP contribution in [0, 0.1) is 0 Å². The fourth-order valence-corrected chi connectivity index (χ4v) is 1.44. The van der Waals surface area contributed by atoms with Crippen molar-refractivity contribution in [3.8, 4) is 0 Å². The summed E-state index contributed by atoms with van der Waals surface area (Å²) in [6.45, 7) is 2.28. The Morgan fingerprint density at radius 1 is 1.13 bits per heavy atom. The Hall–Kier alpha value is -0.900. The van der Waals surface area contributed by atoms with Gasteiger partial charge in [0, 0.05) is 14.2 Å². The molecule has 0 bridgehead atoms. The molecule has 3 nitrogen and oxygen atoms in total. The highest BCUT2D eigenvalue weighted by Crippen LogP contribution is 2.19. The Bertz CT molecular complexity index is 279. The third kappa shape index (κ3) is 3.30. The molecule has 0 aliphatic carbocycles. The Morgan fingerprint density at radius 2 is 1.67 bits per heavy atom. The van der Waals surface area contributed by atoms with Crippen molar-refractivity contribution in [1.29, 1.82) is 0 Å². The summed E-state index contributed by atoms with van der Waals surface area (Å²) in [7, 11) is 3.31. The molecule has 0 spiro atoms. The van der Waals surface area contributed by atoms with E-state index in [1.54, 1.807) is 21.1 Å². The number of ether oxygens (including phenoxy) is 2. The summed E-state index contributed by atoms with van der Waals surface area (Å²) in [6, 6.07) is 7.72. The Morgan fingerprint density at radius 3 is 2.07 bits per heavy atom. The van der Waals surface area contributed by atoms with Gasteiger partial charge in [0.25, 0.3) is 0 Å². The molecule has 15 heavy (non-hydrogen) atoms. The molecule has 1 aromatic rings. The van der Waals surface area contributed by atoms with Crippen LogP contribution < -0.4 is 0 Å². The summed E-state index contributed by atoms with van der Waals surface area (Å²) in [4.78, 5) is 0. The first-order chi connectivity index (χ1) is 7.19. The van der Waals surface area contributed by atoms with Crippen molar-refractivity contribution in [3.63, 3.8) is 0 Å². The van der Waals surface area contributed by atoms with Gasteiger partial charge in [-0.2, -0.15) is 0 Å². The lowest BCUT2D eigenvalue weighted by atomic mass is 10.0. The molecular weight excluding hydrogens is 192 g/mol. The van der Waals surface area contributed by atoms with Gasteiger partial charge in [-0.05, 0) is 18.1 Å². The molecule has 1 N–H and O–H groups in total. The van der Waals surface area contributed by atoms with Crippen molar-refractivity contribution >= 4 is 0 Å². The second-order valence-corrected chi connectivity index (χ2v) is 3.52. The van der Waals surface area contributed by atoms with Crippen molar-refractivity contribution in [2.45, 2.75) is 19.1 Å². The zero-order valence-electron chi connectivity index (χ0n) is 9.43. The average molecular weight is 210 g/mol. The van der Waals surface area contributed by atoms with Crippen LogP contribution in [0.4, 0.5) is 0 Å². The number of methoxy groups -OCH3 is 2. The molecule has 3 heteroatoms. The maximum Gasteiger partial charge on any atom is 0.105 e. The van der Waals surface area contributed by atoms with E-state index in [0.717, 1.165) is 11.1 Å². The summed E-state index contributed by atoms with van der Waals surface area (Å²) in [5.41, 5.74) is 1.97. The largest absolute Gasteiger partial charge is 0.389 e. The fraction of sp³-hybridized carbons (Fsp3) is 0.500. The van der Waals surface area contributed by atoms with Crippen LogP contribution in [0.3, 0.4) is 0 Å². The van der Waals surface area contributed by atoms with Crippen molar-refractivity contribution in [1.82, 2.24) is 0 Å². The quantitative estimate of drug-likeness (QED) is 0.808. The Balaban J connectivity index is 2.77. The van der Waals surface area contributed by atoms with Crippen molar-refractivity contribution in [2.24, 2.45) is 0 Å². The predicted molar refractivity (Wildman–Crippen MR) is 58.7 cm³/mol. The molecule has 0 saturated heterocycles. The van der Waals surface area contributed by atoms with Crippen LogP contribution >= 0.6 is 0 Å². The van der Waals surface area contributed by atoms with Gasteiger partial charge in [0.2, 0.25) is 0 Å². The number of hydrogen-bond acceptors (Lipinski definition) is 3. The van der Waals surface area contributed by atoms with Crippen LogP contribution in [0.15, 0.2) is 24.3 Å². The zero-order valence-corrected chi connectivity index (χ0v) is 9.43. The van der Waals surface area contributed by atoms with Crippen LogP contribution in [0.1, 0.15) is 30.3 Å². The lowest BCUT2D eigenvalue weighted by molar-refractivity contribution is 0.0274. The number of benzene rings is 1. The highest BCUT2D eigenvalue weighted by Gasteiger charge is 2.10. The zero-order chi connectivity index (χ0) is 11.3. The Kier molecular flexibility index (Phi) is 4.75. The molecule has 0 saturated carbocycles. The van der Waals surface area contributed by atoms with Crippen LogP contribution in [0.2, 0.25) is 0 Å². The standard InChI is InChI=1S/C12H18O3/c1-9(13)10-4-6-11(7-5-10)12(15-3)8-14-2/h4-7,9,12-13H,8H2,1-3H3/t9-,12+/m0/s1. The number of aliphatic hydroxyl groups excluding tert-OH is 1. The van der Waals surface area contributed by atoms with Crippen molar-refractivity contribution in [3.05, 3.63) is 35.4 Å². The minimum atomic E-state index is -0.428. The van der Waals surface area contributed by atoms with Gasteiger partial charge in [-0.3, -0.25) is 0 Å². The first kappa shape index (κ1) is 12.2. The molecule has 0 fully saturated rings. The van der Waals surface area contributed by atoms with E-state index in [1.165, 1.54) is 0 Å². The summed E-state index contributed by atoms with van der Waals surface area (Å²) in [5, 5.41) is 9.36. The van der Waals surface area contributed by atoms with Gasteiger partial charge in [0.05, 0.1) is 12.7 Å². The monoisotopic (exact) mass is 210 g/mol. The maximum absolute atomic E-state index is 9.36. The minimum absolute atomic E-state index is 0.0435. The summed E-state index contributed by atoms with van der Waals surface area (Å²) < 4.78 is 10.3. The second kappa shape index (κ2) is 5.85. The van der Waals surface area contributed by atoms with Gasteiger partial charge in [0.15, 0.2) is 0 Å². The first-order valence-electron chi connectivity index (χ1n) is 4.98. The lowest BCUT2D eigenvalue weighted by Gasteiger charge is -2.15.